The third kappa shape index (κ3) is 2.68. The van der Waals surface area contributed by atoms with Crippen LogP contribution >= 0.6 is 11.6 Å². The summed E-state index contributed by atoms with van der Waals surface area (Å²) < 4.78 is 6.50. The third-order valence-corrected chi connectivity index (χ3v) is 5.36. The molecule has 0 aliphatic carbocycles. The summed E-state index contributed by atoms with van der Waals surface area (Å²) in [4.78, 5) is 44.9. The Labute approximate surface area is 169 Å². The van der Waals surface area contributed by atoms with E-state index < -0.39 is 52.6 Å². The molecule has 0 aromatic carbocycles. The highest BCUT2D eigenvalue weighted by atomic mass is 35.5. The zero-order chi connectivity index (χ0) is 21.9. The van der Waals surface area contributed by atoms with E-state index in [1.165, 1.54) is 6.92 Å². The van der Waals surface area contributed by atoms with E-state index in [1.54, 1.807) is 0 Å². The lowest BCUT2D eigenvalue weighted by Gasteiger charge is -2.40. The lowest BCUT2D eigenvalue weighted by atomic mass is 9.80. The fourth-order valence-electron chi connectivity index (χ4n) is 3.67. The zero-order valence-corrected chi connectivity index (χ0v) is 16.5. The fourth-order valence-corrected chi connectivity index (χ4v) is 3.90. The van der Waals surface area contributed by atoms with Gasteiger partial charge in [0.15, 0.2) is 23.2 Å². The highest BCUT2D eigenvalue weighted by molar-refractivity contribution is 6.44. The molecule has 0 radical (unpaired) electrons. The molecule has 3 rings (SSSR count). The van der Waals surface area contributed by atoms with Gasteiger partial charge in [0, 0.05) is 6.92 Å². The van der Waals surface area contributed by atoms with E-state index in [0.29, 0.717) is 0 Å². The van der Waals surface area contributed by atoms with Gasteiger partial charge in [0.25, 0.3) is 0 Å². The van der Waals surface area contributed by atoms with Crippen molar-refractivity contribution in [2.24, 2.45) is 10.7 Å². The minimum Gasteiger partial charge on any atom is -0.394 e. The zero-order valence-electron chi connectivity index (χ0n) is 15.7. The van der Waals surface area contributed by atoms with E-state index in [0.717, 1.165) is 24.7 Å². The first-order valence-corrected chi connectivity index (χ1v) is 8.87. The maximum absolute atomic E-state index is 12.8. The van der Waals surface area contributed by atoms with E-state index in [1.807, 2.05) is 0 Å². The summed E-state index contributed by atoms with van der Waals surface area (Å²) in [5.74, 6) is -2.85. The molecule has 1 aromatic heterocycles. The molecule has 1 saturated heterocycles. The van der Waals surface area contributed by atoms with Gasteiger partial charge in [-0.25, -0.2) is 9.98 Å². The van der Waals surface area contributed by atoms with Crippen LogP contribution in [0.2, 0.25) is 0 Å². The summed E-state index contributed by atoms with van der Waals surface area (Å²) in [6, 6.07) is 0. The number of aliphatic hydroxyl groups excluding tert-OH is 2. The molecule has 0 bridgehead atoms. The summed E-state index contributed by atoms with van der Waals surface area (Å²) in [7, 11) is 0. The molecule has 29 heavy (non-hydrogen) atoms. The van der Waals surface area contributed by atoms with Crippen LogP contribution in [0, 0.1) is 0 Å². The van der Waals surface area contributed by atoms with Gasteiger partial charge in [0.05, 0.1) is 12.9 Å². The number of carbonyl (C=O) groups excluding carboxylic acids is 3. The Morgan fingerprint density at radius 3 is 2.45 bits per heavy atom. The van der Waals surface area contributed by atoms with Crippen molar-refractivity contribution in [1.29, 1.82) is 0 Å². The second-order valence-electron chi connectivity index (χ2n) is 6.93. The molecule has 0 amide bonds. The van der Waals surface area contributed by atoms with Crippen LogP contribution in [0.1, 0.15) is 26.5 Å². The van der Waals surface area contributed by atoms with Crippen molar-refractivity contribution in [2.45, 2.75) is 49.4 Å². The van der Waals surface area contributed by atoms with Crippen LogP contribution in [0.3, 0.4) is 0 Å². The number of nitrogens with one attached hydrogen (secondary N) is 1. The largest absolute Gasteiger partial charge is 0.394 e. The van der Waals surface area contributed by atoms with Crippen molar-refractivity contribution in [3.8, 4) is 0 Å². The van der Waals surface area contributed by atoms with Gasteiger partial charge in [-0.3, -0.25) is 24.7 Å². The standard InChI is InChI=1S/C16H20ClN5O7/c1-6(24)12-20-13-10(16(17,18)21-12)19-5-22(13)15(8(3)26)14(28,7(2)25)11(27)9(4-23)29-15/h5,9,11,23,27-28H,4,18H2,1-3H3,(H,20,21)/t9-,11-,14-,15-,16?/m1/s1. The maximum atomic E-state index is 12.8. The number of aromatic nitrogens is 2. The van der Waals surface area contributed by atoms with E-state index >= 15 is 0 Å². The lowest BCUT2D eigenvalue weighted by Crippen LogP contribution is -2.65. The van der Waals surface area contributed by atoms with Crippen molar-refractivity contribution >= 4 is 40.6 Å². The Morgan fingerprint density at radius 2 is 1.97 bits per heavy atom. The first-order valence-electron chi connectivity index (χ1n) is 8.49. The maximum Gasteiger partial charge on any atom is 0.246 e. The van der Waals surface area contributed by atoms with Crippen molar-refractivity contribution in [1.82, 2.24) is 9.55 Å². The number of aliphatic hydroxyl groups is 3. The second-order valence-corrected chi connectivity index (χ2v) is 7.51. The molecule has 2 aliphatic heterocycles. The van der Waals surface area contributed by atoms with Crippen molar-refractivity contribution in [2.75, 3.05) is 11.9 Å². The minimum atomic E-state index is -2.79. The molecule has 158 valence electrons. The minimum absolute atomic E-state index is 0.124. The SMILES string of the molecule is CC(=O)C1=NC(N)(Cl)c2ncn([C@]3(C(C)=O)O[C@H](CO)[C@@H](O)[C@]3(O)C(C)=O)c2N1. The lowest BCUT2D eigenvalue weighted by molar-refractivity contribution is -0.199. The topological polar surface area (TPSA) is 189 Å². The number of aliphatic imine (C=N–C) groups is 1. The number of Topliss-reactive ketones (excluding diaryl/α,β-unsaturated/α-hetero) is 3. The summed E-state index contributed by atoms with van der Waals surface area (Å²) in [5.41, 5.74) is 0.467. The number of nitrogens with zero attached hydrogens (tertiary/aromatic N) is 3. The predicted molar refractivity (Wildman–Crippen MR) is 97.9 cm³/mol. The van der Waals surface area contributed by atoms with Gasteiger partial charge < -0.3 is 25.4 Å². The molecule has 12 nitrogen and oxygen atoms in total. The number of halogens is 1. The Balaban J connectivity index is 2.32. The normalized spacial score (nSPS) is 36.2. The number of rotatable bonds is 5. The number of hydrogen-bond donors (Lipinski definition) is 5. The number of ketones is 3. The van der Waals surface area contributed by atoms with E-state index in [-0.39, 0.29) is 17.3 Å². The van der Waals surface area contributed by atoms with Gasteiger partial charge in [-0.15, -0.1) is 0 Å². The number of imidazole rings is 1. The van der Waals surface area contributed by atoms with E-state index in [4.69, 9.17) is 22.1 Å². The number of ether oxygens (including phenoxy) is 1. The first-order chi connectivity index (χ1) is 13.3. The summed E-state index contributed by atoms with van der Waals surface area (Å²) in [5, 5.41) is 31.9. The highest BCUT2D eigenvalue weighted by Crippen LogP contribution is 2.48. The van der Waals surface area contributed by atoms with Gasteiger partial charge >= 0.3 is 0 Å². The van der Waals surface area contributed by atoms with Gasteiger partial charge in [-0.1, -0.05) is 11.6 Å². The Hall–Kier alpha value is -2.22. The number of carbonyl (C=O) groups is 3. The number of alkyl halides is 1. The van der Waals surface area contributed by atoms with Gasteiger partial charge in [-0.05, 0) is 13.8 Å². The average Bonchev–Trinajstić information content (AvgIpc) is 3.14. The summed E-state index contributed by atoms with van der Waals surface area (Å²) in [6.07, 6.45) is -2.42. The molecule has 3 heterocycles. The van der Waals surface area contributed by atoms with E-state index in [2.05, 4.69) is 15.3 Å². The number of fused-ring (bicyclic) bond motifs is 1. The molecule has 13 heteroatoms. The smallest absolute Gasteiger partial charge is 0.246 e. The van der Waals surface area contributed by atoms with Crippen LogP contribution in [0.4, 0.5) is 5.82 Å². The number of hydrogen-bond acceptors (Lipinski definition) is 11. The molecule has 1 fully saturated rings. The molecule has 0 saturated carbocycles. The molecular weight excluding hydrogens is 410 g/mol. The van der Waals surface area contributed by atoms with E-state index in [9.17, 15) is 29.7 Å². The second kappa shape index (κ2) is 6.65. The summed E-state index contributed by atoms with van der Waals surface area (Å²) >= 11 is 6.18. The van der Waals surface area contributed by atoms with Crippen LogP contribution < -0.4 is 11.1 Å². The predicted octanol–water partition coefficient (Wildman–Crippen LogP) is -2.08. The Morgan fingerprint density at radius 1 is 1.34 bits per heavy atom. The Bertz CT molecular complexity index is 944. The molecular formula is C16H20ClN5O7. The number of nitrogens with two attached hydrogens (primary N) is 1. The Kier molecular flexibility index (Phi) is 4.93. The van der Waals surface area contributed by atoms with Crippen molar-refractivity contribution in [3.05, 3.63) is 12.0 Å². The van der Waals surface area contributed by atoms with Gasteiger partial charge in [0.2, 0.25) is 16.4 Å². The van der Waals surface area contributed by atoms with Crippen LogP contribution in [0.25, 0.3) is 0 Å². The van der Waals surface area contributed by atoms with Crippen molar-refractivity contribution < 1.29 is 34.4 Å². The monoisotopic (exact) mass is 429 g/mol. The highest BCUT2D eigenvalue weighted by Gasteiger charge is 2.72. The molecule has 1 aromatic rings. The van der Waals surface area contributed by atoms with Gasteiger partial charge in [-0.2, -0.15) is 0 Å². The average molecular weight is 430 g/mol. The quantitative estimate of drug-likeness (QED) is 0.256. The van der Waals surface area contributed by atoms with Crippen molar-refractivity contribution in [3.63, 3.8) is 0 Å². The fraction of sp³-hybridized carbons (Fsp3) is 0.562. The summed E-state index contributed by atoms with van der Waals surface area (Å²) in [6.45, 7) is 2.37. The molecule has 6 N–H and O–H groups in total. The third-order valence-electron chi connectivity index (χ3n) is 5.10. The molecule has 0 spiro atoms. The molecule has 5 atom stereocenters. The molecule has 1 unspecified atom stereocenters. The van der Waals surface area contributed by atoms with Crippen LogP contribution in [-0.2, 0) is 30.0 Å². The first kappa shape index (κ1) is 21.5. The molecule has 2 aliphatic rings. The van der Waals surface area contributed by atoms with Gasteiger partial charge in [0.1, 0.15) is 23.7 Å². The van der Waals surface area contributed by atoms with Crippen LogP contribution in [0.15, 0.2) is 11.3 Å². The number of anilines is 1. The van der Waals surface area contributed by atoms with Crippen LogP contribution in [0.5, 0.6) is 0 Å². The number of amidine groups is 1. The van der Waals surface area contributed by atoms with Crippen LogP contribution in [-0.4, -0.2) is 72.5 Å².